The van der Waals surface area contributed by atoms with Gasteiger partial charge in [-0.3, -0.25) is 4.79 Å². The van der Waals surface area contributed by atoms with E-state index < -0.39 is 11.4 Å². The van der Waals surface area contributed by atoms with Crippen molar-refractivity contribution in [1.82, 2.24) is 9.88 Å². The van der Waals surface area contributed by atoms with Gasteiger partial charge >= 0.3 is 5.97 Å². The molecule has 176 valence electrons. The topological polar surface area (TPSA) is 62.7 Å². The van der Waals surface area contributed by atoms with Crippen LogP contribution in [0.1, 0.15) is 62.0 Å². The number of rotatable bonds is 10. The number of hydrogen-bond acceptors (Lipinski definition) is 4. The zero-order chi connectivity index (χ0) is 22.9. The van der Waals surface area contributed by atoms with Gasteiger partial charge in [0.05, 0.1) is 12.5 Å². The summed E-state index contributed by atoms with van der Waals surface area (Å²) >= 11 is 0. The minimum absolute atomic E-state index is 0.274. The summed E-state index contributed by atoms with van der Waals surface area (Å²) in [4.78, 5) is 18.5. The normalized spacial score (nSPS) is 25.4. The fourth-order valence-corrected chi connectivity index (χ4v) is 5.96. The van der Waals surface area contributed by atoms with Gasteiger partial charge in [-0.25, -0.2) is 4.98 Å². The van der Waals surface area contributed by atoms with Crippen LogP contribution in [0.3, 0.4) is 0 Å². The second-order valence-corrected chi connectivity index (χ2v) is 10.8. The predicted octanol–water partition coefficient (Wildman–Crippen LogP) is 5.16. The number of pyridine rings is 1. The molecule has 1 aromatic heterocycles. The van der Waals surface area contributed by atoms with Gasteiger partial charge in [-0.1, -0.05) is 36.4 Å². The fourth-order valence-electron chi connectivity index (χ4n) is 5.96. The smallest absolute Gasteiger partial charge is 0.310 e. The van der Waals surface area contributed by atoms with E-state index in [0.717, 1.165) is 63.6 Å². The number of likely N-dealkylation sites (tertiary alicyclic amines) is 1. The van der Waals surface area contributed by atoms with Gasteiger partial charge in [-0.2, -0.15) is 0 Å². The van der Waals surface area contributed by atoms with E-state index in [9.17, 15) is 9.90 Å². The van der Waals surface area contributed by atoms with Crippen molar-refractivity contribution >= 4 is 5.97 Å². The lowest BCUT2D eigenvalue weighted by molar-refractivity contribution is -0.144. The molecule has 33 heavy (non-hydrogen) atoms. The number of carboxylic acids is 1. The molecule has 1 unspecified atom stereocenters. The molecular formula is C28H36N2O3. The summed E-state index contributed by atoms with van der Waals surface area (Å²) in [5.74, 6) is 1.59. The summed E-state index contributed by atoms with van der Waals surface area (Å²) in [6, 6.07) is 15.1. The number of aromatic nitrogens is 1. The summed E-state index contributed by atoms with van der Waals surface area (Å²) in [6.45, 7) is 2.73. The number of piperidine rings is 1. The zero-order valence-corrected chi connectivity index (χ0v) is 19.7. The van der Waals surface area contributed by atoms with Crippen LogP contribution in [0.2, 0.25) is 0 Å². The molecule has 5 rings (SSSR count). The maximum Gasteiger partial charge on any atom is 0.310 e. The Morgan fingerprint density at radius 2 is 1.88 bits per heavy atom. The van der Waals surface area contributed by atoms with E-state index in [1.54, 1.807) is 7.11 Å². The predicted molar refractivity (Wildman–Crippen MR) is 128 cm³/mol. The number of carbonyl (C=O) groups is 1. The molecule has 2 saturated carbocycles. The lowest BCUT2D eigenvalue weighted by Gasteiger charge is -2.43. The SMILES string of the molecule is COc1ccc(CC2(CC[C@@H]3CC3c3ccccc3)CCN(CC3(C(=O)O)CC3)CC2)cn1. The van der Waals surface area contributed by atoms with Crippen molar-refractivity contribution in [3.05, 3.63) is 59.8 Å². The Morgan fingerprint density at radius 1 is 1.12 bits per heavy atom. The van der Waals surface area contributed by atoms with Gasteiger partial charge in [0.2, 0.25) is 5.88 Å². The Hall–Kier alpha value is -2.40. The van der Waals surface area contributed by atoms with Crippen LogP contribution in [-0.4, -0.2) is 47.7 Å². The number of hydrogen-bond donors (Lipinski definition) is 1. The number of carboxylic acid groups (broad SMARTS) is 1. The highest BCUT2D eigenvalue weighted by molar-refractivity contribution is 5.78. The molecule has 2 aliphatic carbocycles. The minimum Gasteiger partial charge on any atom is -0.481 e. The van der Waals surface area contributed by atoms with Crippen LogP contribution < -0.4 is 4.74 Å². The summed E-state index contributed by atoms with van der Waals surface area (Å²) in [5, 5.41) is 9.60. The van der Waals surface area contributed by atoms with Crippen LogP contribution in [0.4, 0.5) is 0 Å². The van der Waals surface area contributed by atoms with Crippen molar-refractivity contribution < 1.29 is 14.6 Å². The van der Waals surface area contributed by atoms with Gasteiger partial charge in [0, 0.05) is 18.8 Å². The average Bonchev–Trinajstić information content (AvgIpc) is 3.77. The van der Waals surface area contributed by atoms with Crippen molar-refractivity contribution in [3.63, 3.8) is 0 Å². The van der Waals surface area contributed by atoms with Gasteiger partial charge in [0.25, 0.3) is 0 Å². The Morgan fingerprint density at radius 3 is 2.48 bits per heavy atom. The summed E-state index contributed by atoms with van der Waals surface area (Å²) in [7, 11) is 1.65. The quantitative estimate of drug-likeness (QED) is 0.544. The van der Waals surface area contributed by atoms with Crippen LogP contribution in [0.25, 0.3) is 0 Å². The van der Waals surface area contributed by atoms with Gasteiger partial charge in [0.1, 0.15) is 0 Å². The first-order chi connectivity index (χ1) is 16.0. The van der Waals surface area contributed by atoms with E-state index in [0.29, 0.717) is 5.88 Å². The van der Waals surface area contributed by atoms with E-state index in [4.69, 9.17) is 4.74 Å². The van der Waals surface area contributed by atoms with E-state index in [2.05, 4.69) is 46.3 Å². The minimum atomic E-state index is -0.607. The standard InChI is InChI=1S/C28H36N2O3/c1-33-25-8-7-21(19-29-25)18-27(10-9-23-17-24(23)22-5-3-2-4-6-22)13-15-30(16-14-27)20-28(11-12-28)26(31)32/h2-8,19,23-24H,9-18,20H2,1H3,(H,31,32)/t23-,24?/m1/s1. The van der Waals surface area contributed by atoms with Gasteiger partial charge in [0.15, 0.2) is 0 Å². The number of methoxy groups -OCH3 is 1. The highest BCUT2D eigenvalue weighted by Crippen LogP contribution is 2.53. The molecule has 0 bridgehead atoms. The van der Waals surface area contributed by atoms with Crippen molar-refractivity contribution in [3.8, 4) is 5.88 Å². The van der Waals surface area contributed by atoms with E-state index in [1.165, 1.54) is 30.4 Å². The molecule has 1 aromatic carbocycles. The van der Waals surface area contributed by atoms with Crippen LogP contribution in [0, 0.1) is 16.7 Å². The first-order valence-corrected chi connectivity index (χ1v) is 12.5. The first kappa shape index (κ1) is 22.4. The Kier molecular flexibility index (Phi) is 6.17. The van der Waals surface area contributed by atoms with Crippen LogP contribution in [0.5, 0.6) is 5.88 Å². The number of nitrogens with zero attached hydrogens (tertiary/aromatic N) is 2. The monoisotopic (exact) mass is 448 g/mol. The molecule has 3 fully saturated rings. The average molecular weight is 449 g/mol. The van der Waals surface area contributed by atoms with Crippen molar-refractivity contribution in [2.75, 3.05) is 26.7 Å². The molecule has 2 heterocycles. The summed E-state index contributed by atoms with van der Waals surface area (Å²) in [5.41, 5.74) is 2.59. The molecule has 5 heteroatoms. The van der Waals surface area contributed by atoms with Crippen molar-refractivity contribution in [1.29, 1.82) is 0 Å². The molecule has 1 N–H and O–H groups in total. The van der Waals surface area contributed by atoms with Crippen LogP contribution >= 0.6 is 0 Å². The number of aliphatic carboxylic acids is 1. The van der Waals surface area contributed by atoms with Crippen molar-refractivity contribution in [2.24, 2.45) is 16.7 Å². The highest BCUT2D eigenvalue weighted by Gasteiger charge is 2.52. The van der Waals surface area contributed by atoms with Crippen molar-refractivity contribution in [2.45, 2.75) is 57.3 Å². The zero-order valence-electron chi connectivity index (χ0n) is 19.7. The summed E-state index contributed by atoms with van der Waals surface area (Å²) in [6.07, 6.45) is 10.8. The Labute approximate surface area is 197 Å². The summed E-state index contributed by atoms with van der Waals surface area (Å²) < 4.78 is 5.25. The number of benzene rings is 1. The van der Waals surface area contributed by atoms with Gasteiger partial charge < -0.3 is 14.7 Å². The number of ether oxygens (including phenoxy) is 1. The van der Waals surface area contributed by atoms with E-state index in [-0.39, 0.29) is 5.41 Å². The molecule has 2 aromatic rings. The van der Waals surface area contributed by atoms with E-state index in [1.807, 2.05) is 12.3 Å². The third-order valence-corrected chi connectivity index (χ3v) is 8.53. The van der Waals surface area contributed by atoms with Gasteiger partial charge in [-0.15, -0.1) is 0 Å². The van der Waals surface area contributed by atoms with Crippen LogP contribution in [0.15, 0.2) is 48.7 Å². The maximum absolute atomic E-state index is 11.7. The second-order valence-electron chi connectivity index (χ2n) is 10.8. The molecule has 1 saturated heterocycles. The molecular weight excluding hydrogens is 412 g/mol. The molecule has 2 atom stereocenters. The second kappa shape index (κ2) is 9.09. The molecule has 0 amide bonds. The third kappa shape index (κ3) is 5.08. The fraction of sp³-hybridized carbons (Fsp3) is 0.571. The lowest BCUT2D eigenvalue weighted by Crippen LogP contribution is -2.44. The maximum atomic E-state index is 11.7. The lowest BCUT2D eigenvalue weighted by atomic mass is 9.70. The largest absolute Gasteiger partial charge is 0.481 e. The van der Waals surface area contributed by atoms with Gasteiger partial charge in [-0.05, 0) is 92.8 Å². The Bertz CT molecular complexity index is 947. The Balaban J connectivity index is 1.23. The molecule has 3 aliphatic rings. The molecule has 5 nitrogen and oxygen atoms in total. The third-order valence-electron chi connectivity index (χ3n) is 8.53. The van der Waals surface area contributed by atoms with E-state index >= 15 is 0 Å². The molecule has 0 radical (unpaired) electrons. The molecule has 1 aliphatic heterocycles. The highest BCUT2D eigenvalue weighted by atomic mass is 16.5. The molecule has 0 spiro atoms. The first-order valence-electron chi connectivity index (χ1n) is 12.5. The van der Waals surface area contributed by atoms with Crippen LogP contribution in [-0.2, 0) is 11.2 Å².